The minimum absolute atomic E-state index is 0.118. The summed E-state index contributed by atoms with van der Waals surface area (Å²) in [5, 5.41) is 0. The van der Waals surface area contributed by atoms with Crippen LogP contribution >= 0.6 is 15.9 Å². The molecule has 24 heavy (non-hydrogen) atoms. The number of carbonyl (C=O) groups excluding carboxylic acids is 1. The Bertz CT molecular complexity index is 665. The molecule has 2 aliphatic rings. The largest absolute Gasteiger partial charge is 0.463 e. The van der Waals surface area contributed by atoms with Gasteiger partial charge in [-0.3, -0.25) is 0 Å². The van der Waals surface area contributed by atoms with Gasteiger partial charge < -0.3 is 19.1 Å². The van der Waals surface area contributed by atoms with Crippen LogP contribution in [0, 0.1) is 6.92 Å². The molecule has 0 aliphatic carbocycles. The molecule has 0 radical (unpaired) electrons. The molecular formula is C18H22BrNO4. The molecule has 2 atom stereocenters. The Kier molecular flexibility index (Phi) is 4.73. The quantitative estimate of drug-likeness (QED) is 0.578. The molecule has 0 spiro atoms. The van der Waals surface area contributed by atoms with E-state index in [-0.39, 0.29) is 18.2 Å². The minimum Gasteiger partial charge on any atom is -0.463 e. The molecule has 0 saturated carbocycles. The fourth-order valence-corrected chi connectivity index (χ4v) is 3.99. The van der Waals surface area contributed by atoms with Gasteiger partial charge in [0.1, 0.15) is 12.2 Å². The van der Waals surface area contributed by atoms with Gasteiger partial charge in [0.05, 0.1) is 24.5 Å². The van der Waals surface area contributed by atoms with Crippen LogP contribution in [0.3, 0.4) is 0 Å². The van der Waals surface area contributed by atoms with Gasteiger partial charge in [-0.1, -0.05) is 12.1 Å². The zero-order chi connectivity index (χ0) is 17.5. The molecule has 130 valence electrons. The van der Waals surface area contributed by atoms with Crippen LogP contribution in [0.15, 0.2) is 34.4 Å². The SMILES string of the molecule is CCOC(=O)/C=C1\[C@@H]2OC(C)(C)O[C@@H]2CN1c1c(C)cccc1Br. The number of carbonyl (C=O) groups is 1. The van der Waals surface area contributed by atoms with Crippen molar-refractivity contribution in [1.82, 2.24) is 0 Å². The number of rotatable bonds is 3. The number of hydrogen-bond donors (Lipinski definition) is 0. The highest BCUT2D eigenvalue weighted by atomic mass is 79.9. The predicted molar refractivity (Wildman–Crippen MR) is 94.8 cm³/mol. The molecule has 5 nitrogen and oxygen atoms in total. The van der Waals surface area contributed by atoms with Crippen molar-refractivity contribution >= 4 is 27.6 Å². The van der Waals surface area contributed by atoms with Crippen molar-refractivity contribution in [3.8, 4) is 0 Å². The standard InChI is InChI=1S/C18H22BrNO4/c1-5-22-15(21)9-13-17-14(23-18(3,4)24-17)10-20(13)16-11(2)7-6-8-12(16)19/h6-9,14,17H,5,10H2,1-4H3/b13-9+/t14-,17+/m1/s1. The molecular weight excluding hydrogens is 374 g/mol. The van der Waals surface area contributed by atoms with Crippen molar-refractivity contribution < 1.29 is 19.0 Å². The summed E-state index contributed by atoms with van der Waals surface area (Å²) >= 11 is 3.62. The van der Waals surface area contributed by atoms with Gasteiger partial charge in [0.2, 0.25) is 0 Å². The molecule has 6 heteroatoms. The Labute approximate surface area is 150 Å². The second-order valence-corrected chi connectivity index (χ2v) is 7.29. The van der Waals surface area contributed by atoms with Crippen LogP contribution in [0.2, 0.25) is 0 Å². The number of para-hydroxylation sites is 1. The monoisotopic (exact) mass is 395 g/mol. The Hall–Kier alpha value is -1.37. The number of ether oxygens (including phenoxy) is 3. The summed E-state index contributed by atoms with van der Waals surface area (Å²) in [4.78, 5) is 14.1. The van der Waals surface area contributed by atoms with Gasteiger partial charge in [-0.2, -0.15) is 0 Å². The van der Waals surface area contributed by atoms with Gasteiger partial charge in [-0.05, 0) is 55.3 Å². The maximum Gasteiger partial charge on any atom is 0.332 e. The minimum atomic E-state index is -0.655. The fraction of sp³-hybridized carbons (Fsp3) is 0.500. The Morgan fingerprint density at radius 1 is 1.46 bits per heavy atom. The first-order chi connectivity index (χ1) is 11.3. The smallest absolute Gasteiger partial charge is 0.332 e. The maximum absolute atomic E-state index is 12.1. The first-order valence-corrected chi connectivity index (χ1v) is 8.88. The molecule has 1 aromatic carbocycles. The maximum atomic E-state index is 12.1. The van der Waals surface area contributed by atoms with Crippen LogP contribution in [0.25, 0.3) is 0 Å². The second kappa shape index (κ2) is 6.50. The summed E-state index contributed by atoms with van der Waals surface area (Å²) in [5.74, 6) is -1.02. The third-order valence-corrected chi connectivity index (χ3v) is 4.80. The van der Waals surface area contributed by atoms with Crippen molar-refractivity contribution in [1.29, 1.82) is 0 Å². The number of halogens is 1. The summed E-state index contributed by atoms with van der Waals surface area (Å²) < 4.78 is 18.1. The van der Waals surface area contributed by atoms with Gasteiger partial charge in [0.15, 0.2) is 5.79 Å². The molecule has 0 aromatic heterocycles. The van der Waals surface area contributed by atoms with E-state index in [0.29, 0.717) is 13.2 Å². The molecule has 2 heterocycles. The lowest BCUT2D eigenvalue weighted by Crippen LogP contribution is -2.30. The Balaban J connectivity index is 2.01. The highest BCUT2D eigenvalue weighted by Crippen LogP contribution is 2.43. The molecule has 1 aromatic rings. The first kappa shape index (κ1) is 17.5. The average Bonchev–Trinajstić information content (AvgIpc) is 2.93. The second-order valence-electron chi connectivity index (χ2n) is 6.43. The van der Waals surface area contributed by atoms with E-state index in [4.69, 9.17) is 14.2 Å². The average molecular weight is 396 g/mol. The lowest BCUT2D eigenvalue weighted by atomic mass is 10.1. The zero-order valence-electron chi connectivity index (χ0n) is 14.3. The van der Waals surface area contributed by atoms with E-state index >= 15 is 0 Å². The summed E-state index contributed by atoms with van der Waals surface area (Å²) in [6.45, 7) is 8.59. The van der Waals surface area contributed by atoms with E-state index in [1.165, 1.54) is 6.08 Å². The normalized spacial score (nSPS) is 26.7. The van der Waals surface area contributed by atoms with E-state index in [1.54, 1.807) is 6.92 Å². The van der Waals surface area contributed by atoms with E-state index in [2.05, 4.69) is 20.8 Å². The lowest BCUT2D eigenvalue weighted by Gasteiger charge is -2.28. The molecule has 0 N–H and O–H groups in total. The summed E-state index contributed by atoms with van der Waals surface area (Å²) in [6, 6.07) is 6.02. The van der Waals surface area contributed by atoms with Crippen molar-refractivity contribution in [3.63, 3.8) is 0 Å². The number of fused-ring (bicyclic) bond motifs is 1. The van der Waals surface area contributed by atoms with Crippen molar-refractivity contribution in [2.45, 2.75) is 45.7 Å². The van der Waals surface area contributed by atoms with Crippen LogP contribution in [0.1, 0.15) is 26.3 Å². The molecule has 0 amide bonds. The molecule has 0 unspecified atom stereocenters. The number of anilines is 1. The Morgan fingerprint density at radius 3 is 2.88 bits per heavy atom. The zero-order valence-corrected chi connectivity index (χ0v) is 15.9. The number of hydrogen-bond acceptors (Lipinski definition) is 5. The van der Waals surface area contributed by atoms with E-state index < -0.39 is 5.79 Å². The van der Waals surface area contributed by atoms with Crippen LogP contribution in [-0.4, -0.2) is 37.1 Å². The van der Waals surface area contributed by atoms with E-state index in [0.717, 1.165) is 21.4 Å². The van der Waals surface area contributed by atoms with Crippen molar-refractivity contribution in [3.05, 3.63) is 40.0 Å². The molecule has 0 bridgehead atoms. The summed E-state index contributed by atoms with van der Waals surface area (Å²) in [6.07, 6.45) is 1.13. The lowest BCUT2D eigenvalue weighted by molar-refractivity contribution is -0.146. The first-order valence-electron chi connectivity index (χ1n) is 8.09. The van der Waals surface area contributed by atoms with Crippen LogP contribution in [0.4, 0.5) is 5.69 Å². The predicted octanol–water partition coefficient (Wildman–Crippen LogP) is 3.54. The van der Waals surface area contributed by atoms with Crippen molar-refractivity contribution in [2.75, 3.05) is 18.1 Å². The molecule has 2 saturated heterocycles. The Morgan fingerprint density at radius 2 is 2.21 bits per heavy atom. The highest BCUT2D eigenvalue weighted by molar-refractivity contribution is 9.10. The number of aryl methyl sites for hydroxylation is 1. The van der Waals surface area contributed by atoms with Crippen molar-refractivity contribution in [2.24, 2.45) is 0 Å². The topological polar surface area (TPSA) is 48.0 Å². The summed E-state index contributed by atoms with van der Waals surface area (Å²) in [5.41, 5.74) is 2.91. The fourth-order valence-electron chi connectivity index (χ4n) is 3.31. The third-order valence-electron chi connectivity index (χ3n) is 4.16. The van der Waals surface area contributed by atoms with E-state index in [9.17, 15) is 4.79 Å². The van der Waals surface area contributed by atoms with Crippen LogP contribution in [0.5, 0.6) is 0 Å². The molecule has 2 fully saturated rings. The molecule has 3 rings (SSSR count). The number of nitrogens with zero attached hydrogens (tertiary/aromatic N) is 1. The van der Waals surface area contributed by atoms with Crippen LogP contribution < -0.4 is 4.90 Å². The van der Waals surface area contributed by atoms with Gasteiger partial charge in [-0.25, -0.2) is 4.79 Å². The van der Waals surface area contributed by atoms with Gasteiger partial charge in [0, 0.05) is 10.5 Å². The van der Waals surface area contributed by atoms with E-state index in [1.807, 2.05) is 39.0 Å². The van der Waals surface area contributed by atoms with Gasteiger partial charge in [0.25, 0.3) is 0 Å². The van der Waals surface area contributed by atoms with Gasteiger partial charge in [-0.15, -0.1) is 0 Å². The summed E-state index contributed by atoms with van der Waals surface area (Å²) in [7, 11) is 0. The molecule has 2 aliphatic heterocycles. The number of esters is 1. The third kappa shape index (κ3) is 3.23. The van der Waals surface area contributed by atoms with Gasteiger partial charge >= 0.3 is 5.97 Å². The highest BCUT2D eigenvalue weighted by Gasteiger charge is 2.50. The van der Waals surface area contributed by atoms with Crippen LogP contribution in [-0.2, 0) is 19.0 Å². The number of benzene rings is 1.